The van der Waals surface area contributed by atoms with Gasteiger partial charge in [-0.15, -0.1) is 0 Å². The molecular formula is C19H29N3O3. The number of likely N-dealkylation sites (tertiary alicyclic amines) is 1. The first-order valence-corrected chi connectivity index (χ1v) is 9.44. The normalized spacial score (nSPS) is 20.0. The van der Waals surface area contributed by atoms with Gasteiger partial charge in [0.1, 0.15) is 0 Å². The minimum atomic E-state index is 0.155. The van der Waals surface area contributed by atoms with Gasteiger partial charge in [0.05, 0.1) is 18.9 Å². The lowest BCUT2D eigenvalue weighted by atomic mass is 9.92. The molecule has 6 nitrogen and oxygen atoms in total. The molecule has 0 atom stereocenters. The summed E-state index contributed by atoms with van der Waals surface area (Å²) in [6.45, 7) is 8.44. The summed E-state index contributed by atoms with van der Waals surface area (Å²) in [4.78, 5) is 31.1. The first-order valence-electron chi connectivity index (χ1n) is 9.44. The Morgan fingerprint density at radius 1 is 1.04 bits per heavy atom. The summed E-state index contributed by atoms with van der Waals surface area (Å²) in [7, 11) is 0. The predicted octanol–water partition coefficient (Wildman–Crippen LogP) is 1.61. The zero-order valence-corrected chi connectivity index (χ0v) is 15.2. The van der Waals surface area contributed by atoms with Gasteiger partial charge in [-0.2, -0.15) is 0 Å². The van der Waals surface area contributed by atoms with Crippen molar-refractivity contribution in [2.45, 2.75) is 32.6 Å². The molecule has 2 fully saturated rings. The molecule has 1 aromatic rings. The third-order valence-electron chi connectivity index (χ3n) is 5.54. The van der Waals surface area contributed by atoms with Crippen molar-refractivity contribution in [3.05, 3.63) is 24.2 Å². The van der Waals surface area contributed by atoms with Crippen molar-refractivity contribution in [1.29, 1.82) is 0 Å². The van der Waals surface area contributed by atoms with Crippen LogP contribution < -0.4 is 0 Å². The molecule has 0 unspecified atom stereocenters. The van der Waals surface area contributed by atoms with Gasteiger partial charge in [-0.1, -0.05) is 6.92 Å². The second-order valence-corrected chi connectivity index (χ2v) is 7.15. The number of carbonyl (C=O) groups excluding carboxylic acids is 2. The van der Waals surface area contributed by atoms with E-state index in [1.165, 1.54) is 0 Å². The van der Waals surface area contributed by atoms with E-state index in [1.54, 1.807) is 12.5 Å². The van der Waals surface area contributed by atoms with Crippen molar-refractivity contribution in [2.24, 2.45) is 5.92 Å². The first-order chi connectivity index (χ1) is 12.2. The Morgan fingerprint density at radius 3 is 2.32 bits per heavy atom. The molecule has 0 spiro atoms. The van der Waals surface area contributed by atoms with Crippen molar-refractivity contribution in [2.75, 3.05) is 45.8 Å². The minimum Gasteiger partial charge on any atom is -0.472 e. The summed E-state index contributed by atoms with van der Waals surface area (Å²) in [5.41, 5.74) is 0.925. The third-order valence-corrected chi connectivity index (χ3v) is 5.54. The number of carbonyl (C=O) groups is 2. The fraction of sp³-hybridized carbons (Fsp3) is 0.684. The Morgan fingerprint density at radius 2 is 1.72 bits per heavy atom. The quantitative estimate of drug-likeness (QED) is 0.812. The minimum absolute atomic E-state index is 0.155. The Kier molecular flexibility index (Phi) is 6.13. The maximum atomic E-state index is 12.5. The van der Waals surface area contributed by atoms with E-state index >= 15 is 0 Å². The van der Waals surface area contributed by atoms with Gasteiger partial charge in [0, 0.05) is 45.7 Å². The van der Waals surface area contributed by atoms with Crippen LogP contribution in [-0.4, -0.2) is 72.3 Å². The molecule has 0 bridgehead atoms. The monoisotopic (exact) mass is 347 g/mol. The van der Waals surface area contributed by atoms with E-state index < -0.39 is 0 Å². The highest BCUT2D eigenvalue weighted by Gasteiger charge is 2.27. The van der Waals surface area contributed by atoms with Gasteiger partial charge in [0.15, 0.2) is 0 Å². The summed E-state index contributed by atoms with van der Waals surface area (Å²) in [5, 5.41) is 0. The van der Waals surface area contributed by atoms with E-state index in [4.69, 9.17) is 4.42 Å². The van der Waals surface area contributed by atoms with Crippen LogP contribution >= 0.6 is 0 Å². The number of amides is 2. The van der Waals surface area contributed by atoms with Crippen LogP contribution in [0.1, 0.15) is 31.7 Å². The van der Waals surface area contributed by atoms with E-state index in [9.17, 15) is 9.59 Å². The SMILES string of the molecule is CCN1CCN(C(=O)CC2CCN(C(=O)Cc3ccoc3)CC2)CC1. The lowest BCUT2D eigenvalue weighted by molar-refractivity contribution is -0.135. The number of hydrogen-bond acceptors (Lipinski definition) is 4. The van der Waals surface area contributed by atoms with Gasteiger partial charge in [-0.25, -0.2) is 0 Å². The van der Waals surface area contributed by atoms with Crippen molar-refractivity contribution in [3.63, 3.8) is 0 Å². The molecule has 25 heavy (non-hydrogen) atoms. The summed E-state index contributed by atoms with van der Waals surface area (Å²) in [5.74, 6) is 0.857. The highest BCUT2D eigenvalue weighted by molar-refractivity contribution is 5.79. The topological polar surface area (TPSA) is 57.0 Å². The molecule has 0 radical (unpaired) electrons. The van der Waals surface area contributed by atoms with Crippen molar-refractivity contribution >= 4 is 11.8 Å². The fourth-order valence-electron chi connectivity index (χ4n) is 3.76. The van der Waals surface area contributed by atoms with Crippen molar-refractivity contribution < 1.29 is 14.0 Å². The molecule has 2 saturated heterocycles. The van der Waals surface area contributed by atoms with Crippen LogP contribution in [0.4, 0.5) is 0 Å². The van der Waals surface area contributed by atoms with E-state index in [0.29, 0.717) is 24.7 Å². The molecule has 0 N–H and O–H groups in total. The number of piperidine rings is 1. The van der Waals surface area contributed by atoms with Crippen LogP contribution in [0.25, 0.3) is 0 Å². The summed E-state index contributed by atoms with van der Waals surface area (Å²) < 4.78 is 5.02. The standard InChI is InChI=1S/C19H29N3O3/c1-2-20-8-10-22(11-9-20)18(23)13-16-3-6-21(7-4-16)19(24)14-17-5-12-25-15-17/h5,12,15-16H,2-4,6-11,13-14H2,1H3. The largest absolute Gasteiger partial charge is 0.472 e. The Bertz CT molecular complexity index is 556. The third kappa shape index (κ3) is 4.84. The number of furan rings is 1. The summed E-state index contributed by atoms with van der Waals surface area (Å²) in [6, 6.07) is 1.83. The molecule has 0 saturated carbocycles. The van der Waals surface area contributed by atoms with Gasteiger partial charge in [0.2, 0.25) is 11.8 Å². The number of hydrogen-bond donors (Lipinski definition) is 0. The molecule has 2 aliphatic heterocycles. The number of likely N-dealkylation sites (N-methyl/N-ethyl adjacent to an activating group) is 1. The molecular weight excluding hydrogens is 318 g/mol. The lowest BCUT2D eigenvalue weighted by Gasteiger charge is -2.36. The van der Waals surface area contributed by atoms with E-state index in [-0.39, 0.29) is 5.91 Å². The molecule has 0 aliphatic carbocycles. The van der Waals surface area contributed by atoms with Crippen LogP contribution in [0.5, 0.6) is 0 Å². The second-order valence-electron chi connectivity index (χ2n) is 7.15. The molecule has 0 aromatic carbocycles. The number of rotatable bonds is 5. The molecule has 3 rings (SSSR count). The van der Waals surface area contributed by atoms with Crippen LogP contribution in [0.2, 0.25) is 0 Å². The molecule has 3 heterocycles. The second kappa shape index (κ2) is 8.52. The van der Waals surface area contributed by atoms with Crippen molar-refractivity contribution in [1.82, 2.24) is 14.7 Å². The number of piperazine rings is 1. The maximum absolute atomic E-state index is 12.5. The average molecular weight is 347 g/mol. The molecule has 138 valence electrons. The summed E-state index contributed by atoms with van der Waals surface area (Å²) in [6.07, 6.45) is 6.12. The summed E-state index contributed by atoms with van der Waals surface area (Å²) >= 11 is 0. The maximum Gasteiger partial charge on any atom is 0.227 e. The van der Waals surface area contributed by atoms with Crippen LogP contribution in [0.3, 0.4) is 0 Å². The molecule has 6 heteroatoms. The number of nitrogens with zero attached hydrogens (tertiary/aromatic N) is 3. The van der Waals surface area contributed by atoms with Gasteiger partial charge >= 0.3 is 0 Å². The van der Waals surface area contributed by atoms with Gasteiger partial charge < -0.3 is 19.1 Å². The molecule has 2 aliphatic rings. The molecule has 1 aromatic heterocycles. The predicted molar refractivity (Wildman–Crippen MR) is 95.0 cm³/mol. The molecule has 2 amide bonds. The van der Waals surface area contributed by atoms with Crippen LogP contribution in [0.15, 0.2) is 23.0 Å². The highest BCUT2D eigenvalue weighted by Crippen LogP contribution is 2.22. The van der Waals surface area contributed by atoms with Gasteiger partial charge in [-0.05, 0) is 36.9 Å². The van der Waals surface area contributed by atoms with Gasteiger partial charge in [0.25, 0.3) is 0 Å². The van der Waals surface area contributed by atoms with Crippen molar-refractivity contribution in [3.8, 4) is 0 Å². The Hall–Kier alpha value is -1.82. The Balaban J connectivity index is 1.39. The average Bonchev–Trinajstić information content (AvgIpc) is 3.15. The van der Waals surface area contributed by atoms with E-state index in [1.807, 2.05) is 15.9 Å². The lowest BCUT2D eigenvalue weighted by Crippen LogP contribution is -2.49. The Labute approximate surface area is 149 Å². The highest BCUT2D eigenvalue weighted by atomic mass is 16.3. The zero-order valence-electron chi connectivity index (χ0n) is 15.2. The van der Waals surface area contributed by atoms with E-state index in [0.717, 1.165) is 64.2 Å². The smallest absolute Gasteiger partial charge is 0.227 e. The van der Waals surface area contributed by atoms with E-state index in [2.05, 4.69) is 11.8 Å². The van der Waals surface area contributed by atoms with Gasteiger partial charge in [-0.3, -0.25) is 9.59 Å². The fourth-order valence-corrected chi connectivity index (χ4v) is 3.76. The zero-order chi connectivity index (χ0) is 17.6. The first kappa shape index (κ1) is 18.0. The van der Waals surface area contributed by atoms with Crippen LogP contribution in [-0.2, 0) is 16.0 Å². The van der Waals surface area contributed by atoms with Crippen LogP contribution in [0, 0.1) is 5.92 Å².